The van der Waals surface area contributed by atoms with Crippen molar-refractivity contribution in [1.29, 1.82) is 0 Å². The van der Waals surface area contributed by atoms with E-state index in [0.717, 1.165) is 56.5 Å². The highest BCUT2D eigenvalue weighted by molar-refractivity contribution is 7.86. The number of anilines is 1. The van der Waals surface area contributed by atoms with E-state index in [2.05, 4.69) is 21.2 Å². The van der Waals surface area contributed by atoms with Crippen LogP contribution in [0, 0.1) is 0 Å². The predicted molar refractivity (Wildman–Crippen MR) is 96.8 cm³/mol. The fourth-order valence-electron chi connectivity index (χ4n) is 4.06. The number of hydrogen-bond acceptors (Lipinski definition) is 5. The first-order chi connectivity index (χ1) is 12.1. The lowest BCUT2D eigenvalue weighted by Gasteiger charge is -2.36. The van der Waals surface area contributed by atoms with E-state index < -0.39 is 10.2 Å². The van der Waals surface area contributed by atoms with Gasteiger partial charge in [0.15, 0.2) is 5.82 Å². The maximum Gasteiger partial charge on any atom is 0.282 e. The zero-order valence-corrected chi connectivity index (χ0v) is 15.5. The average molecular weight is 366 g/mol. The predicted octanol–water partition coefficient (Wildman–Crippen LogP) is 1.21. The fourth-order valence-corrected chi connectivity index (χ4v) is 5.73. The monoisotopic (exact) mass is 365 g/mol. The van der Waals surface area contributed by atoms with Crippen molar-refractivity contribution in [3.8, 4) is 0 Å². The van der Waals surface area contributed by atoms with E-state index in [1.54, 1.807) is 8.61 Å². The van der Waals surface area contributed by atoms with Crippen molar-refractivity contribution in [2.75, 3.05) is 44.2 Å². The largest absolute Gasteiger partial charge is 0.352 e. The first-order valence-electron chi connectivity index (χ1n) is 9.50. The molecule has 0 saturated carbocycles. The van der Waals surface area contributed by atoms with Crippen molar-refractivity contribution >= 4 is 16.0 Å². The molecule has 2 saturated heterocycles. The lowest BCUT2D eigenvalue weighted by atomic mass is 10.2. The quantitative estimate of drug-likeness (QED) is 0.805. The van der Waals surface area contributed by atoms with Gasteiger partial charge in [-0.1, -0.05) is 12.8 Å². The van der Waals surface area contributed by atoms with Crippen LogP contribution in [0.15, 0.2) is 6.07 Å². The van der Waals surface area contributed by atoms with Gasteiger partial charge in [0.05, 0.1) is 5.69 Å². The number of aryl methyl sites for hydroxylation is 2. The number of piperazine rings is 1. The topological polar surface area (TPSA) is 69.6 Å². The van der Waals surface area contributed by atoms with Gasteiger partial charge in [0.1, 0.15) is 0 Å². The van der Waals surface area contributed by atoms with E-state index in [0.29, 0.717) is 39.3 Å². The minimum absolute atomic E-state index is 0.525. The molecule has 0 bridgehead atoms. The molecule has 3 aliphatic rings. The lowest BCUT2D eigenvalue weighted by molar-refractivity contribution is 0.327. The summed E-state index contributed by atoms with van der Waals surface area (Å²) in [5.74, 6) is 0.896. The number of aromatic nitrogens is 2. The van der Waals surface area contributed by atoms with Crippen LogP contribution in [-0.2, 0) is 23.1 Å². The summed E-state index contributed by atoms with van der Waals surface area (Å²) in [5, 5.41) is 8.72. The van der Waals surface area contributed by atoms with Gasteiger partial charge in [-0.15, -0.1) is 5.10 Å². The molecule has 0 unspecified atom stereocenters. The summed E-state index contributed by atoms with van der Waals surface area (Å²) in [4.78, 5) is 2.17. The van der Waals surface area contributed by atoms with E-state index in [1.807, 2.05) is 0 Å². The van der Waals surface area contributed by atoms with Crippen LogP contribution in [0.4, 0.5) is 5.82 Å². The lowest BCUT2D eigenvalue weighted by Crippen LogP contribution is -2.53. The van der Waals surface area contributed by atoms with Crippen LogP contribution in [0.25, 0.3) is 0 Å². The molecule has 138 valence electrons. The Labute approximate surface area is 150 Å². The van der Waals surface area contributed by atoms with Gasteiger partial charge >= 0.3 is 0 Å². The van der Waals surface area contributed by atoms with Crippen LogP contribution >= 0.6 is 0 Å². The van der Waals surface area contributed by atoms with Crippen LogP contribution in [0.3, 0.4) is 0 Å². The Morgan fingerprint density at radius 3 is 2.16 bits per heavy atom. The maximum atomic E-state index is 12.9. The smallest absolute Gasteiger partial charge is 0.282 e. The molecule has 1 aromatic heterocycles. The molecule has 4 rings (SSSR count). The Bertz CT molecular complexity index is 708. The minimum Gasteiger partial charge on any atom is -0.352 e. The molecule has 0 amide bonds. The summed E-state index contributed by atoms with van der Waals surface area (Å²) in [7, 11) is -3.32. The number of fused-ring (bicyclic) bond motifs is 1. The highest BCUT2D eigenvalue weighted by Gasteiger charge is 2.33. The normalized spacial score (nSPS) is 23.4. The maximum absolute atomic E-state index is 12.9. The van der Waals surface area contributed by atoms with Crippen LogP contribution in [-0.4, -0.2) is 66.5 Å². The van der Waals surface area contributed by atoms with E-state index in [1.165, 1.54) is 5.56 Å². The molecular weight excluding hydrogens is 338 g/mol. The van der Waals surface area contributed by atoms with Crippen molar-refractivity contribution in [2.45, 2.75) is 44.9 Å². The van der Waals surface area contributed by atoms with Crippen molar-refractivity contribution in [2.24, 2.45) is 0 Å². The van der Waals surface area contributed by atoms with Crippen LogP contribution < -0.4 is 4.90 Å². The van der Waals surface area contributed by atoms with Crippen molar-refractivity contribution in [1.82, 2.24) is 18.8 Å². The van der Waals surface area contributed by atoms with E-state index in [-0.39, 0.29) is 0 Å². The zero-order chi connectivity index (χ0) is 17.3. The molecule has 7 nitrogen and oxygen atoms in total. The van der Waals surface area contributed by atoms with Gasteiger partial charge < -0.3 is 4.90 Å². The van der Waals surface area contributed by atoms with Gasteiger partial charge in [0.2, 0.25) is 0 Å². The Morgan fingerprint density at radius 2 is 1.44 bits per heavy atom. The molecule has 2 fully saturated rings. The molecule has 25 heavy (non-hydrogen) atoms. The second kappa shape index (κ2) is 7.17. The van der Waals surface area contributed by atoms with Crippen molar-refractivity contribution in [3.05, 3.63) is 17.3 Å². The number of rotatable bonds is 3. The zero-order valence-electron chi connectivity index (χ0n) is 14.7. The molecule has 3 heterocycles. The fraction of sp³-hybridized carbons (Fsp3) is 0.765. The Hall–Kier alpha value is -1.25. The molecule has 0 aromatic carbocycles. The van der Waals surface area contributed by atoms with Crippen molar-refractivity contribution in [3.63, 3.8) is 0 Å². The van der Waals surface area contributed by atoms with Gasteiger partial charge in [-0.25, -0.2) is 0 Å². The van der Waals surface area contributed by atoms with Gasteiger partial charge in [0, 0.05) is 39.3 Å². The molecule has 1 aliphatic carbocycles. The standard InChI is InChI=1S/C17H27N5O2S/c23-25(24,21-8-3-1-2-4-9-21)22-12-10-20(11-13-22)17-14-15-6-5-7-16(15)18-19-17/h14H,1-13H2. The van der Waals surface area contributed by atoms with Gasteiger partial charge in [-0.05, 0) is 43.7 Å². The van der Waals surface area contributed by atoms with Crippen LogP contribution in [0.2, 0.25) is 0 Å². The van der Waals surface area contributed by atoms with E-state index in [4.69, 9.17) is 0 Å². The summed E-state index contributed by atoms with van der Waals surface area (Å²) in [6, 6.07) is 2.15. The molecule has 0 spiro atoms. The second-order valence-corrected chi connectivity index (χ2v) is 9.16. The first-order valence-corrected chi connectivity index (χ1v) is 10.9. The van der Waals surface area contributed by atoms with Crippen LogP contribution in [0.5, 0.6) is 0 Å². The van der Waals surface area contributed by atoms with E-state index >= 15 is 0 Å². The molecule has 1 aromatic rings. The van der Waals surface area contributed by atoms with Crippen molar-refractivity contribution < 1.29 is 8.42 Å². The summed E-state index contributed by atoms with van der Waals surface area (Å²) >= 11 is 0. The summed E-state index contributed by atoms with van der Waals surface area (Å²) in [6.45, 7) is 3.74. The summed E-state index contributed by atoms with van der Waals surface area (Å²) < 4.78 is 29.1. The average Bonchev–Trinajstić information content (AvgIpc) is 2.92. The molecule has 0 radical (unpaired) electrons. The summed E-state index contributed by atoms with van der Waals surface area (Å²) in [6.07, 6.45) is 7.50. The third-order valence-electron chi connectivity index (χ3n) is 5.59. The number of nitrogens with zero attached hydrogens (tertiary/aromatic N) is 5. The Balaban J connectivity index is 1.40. The van der Waals surface area contributed by atoms with Gasteiger partial charge in [-0.2, -0.15) is 22.1 Å². The molecule has 8 heteroatoms. The summed E-state index contributed by atoms with van der Waals surface area (Å²) in [5.41, 5.74) is 2.44. The molecule has 0 atom stereocenters. The van der Waals surface area contributed by atoms with Gasteiger partial charge in [0.25, 0.3) is 10.2 Å². The Morgan fingerprint density at radius 1 is 0.760 bits per heavy atom. The third-order valence-corrected chi connectivity index (χ3v) is 7.62. The molecule has 2 aliphatic heterocycles. The van der Waals surface area contributed by atoms with Crippen LogP contribution in [0.1, 0.15) is 43.4 Å². The molecule has 0 N–H and O–H groups in total. The third kappa shape index (κ3) is 3.52. The Kier molecular flexibility index (Phi) is 4.92. The minimum atomic E-state index is -3.32. The highest BCUT2D eigenvalue weighted by atomic mass is 32.2. The SMILES string of the molecule is O=S(=O)(N1CCCCCC1)N1CCN(c2cc3c(nn2)CCC3)CC1. The van der Waals surface area contributed by atoms with E-state index in [9.17, 15) is 8.42 Å². The number of hydrogen-bond donors (Lipinski definition) is 0. The second-order valence-electron chi connectivity index (χ2n) is 7.24. The van der Waals surface area contributed by atoms with Gasteiger partial charge in [-0.3, -0.25) is 0 Å². The highest BCUT2D eigenvalue weighted by Crippen LogP contribution is 2.24. The first kappa shape index (κ1) is 17.2. The molecular formula is C17H27N5O2S.